The first-order valence-electron chi connectivity index (χ1n) is 6.17. The second-order valence-corrected chi connectivity index (χ2v) is 6.57. The largest absolute Gasteiger partial charge is 0.506 e. The van der Waals surface area contributed by atoms with Crippen LogP contribution in [0, 0.1) is 0 Å². The van der Waals surface area contributed by atoms with Gasteiger partial charge in [-0.1, -0.05) is 22.9 Å². The van der Waals surface area contributed by atoms with Crippen molar-refractivity contribution in [2.75, 3.05) is 0 Å². The summed E-state index contributed by atoms with van der Waals surface area (Å²) in [7, 11) is 0. The Labute approximate surface area is 138 Å². The van der Waals surface area contributed by atoms with E-state index in [-0.39, 0.29) is 5.75 Å². The molecule has 6 nitrogen and oxygen atoms in total. The SMILES string of the molecule is CC[C@]1(C)NC(=O)N(/N=C\c2cc(Br)cc(Br)c2O)C1=O. The lowest BCUT2D eigenvalue weighted by Crippen LogP contribution is -2.42. The zero-order valence-electron chi connectivity index (χ0n) is 11.4. The Morgan fingerprint density at radius 3 is 2.67 bits per heavy atom. The van der Waals surface area contributed by atoms with Gasteiger partial charge in [-0.05, 0) is 41.4 Å². The van der Waals surface area contributed by atoms with E-state index in [0.717, 1.165) is 9.48 Å². The van der Waals surface area contributed by atoms with Crippen LogP contribution in [0.25, 0.3) is 0 Å². The molecule has 3 amide bonds. The number of phenols is 1. The minimum Gasteiger partial charge on any atom is -0.506 e. The van der Waals surface area contributed by atoms with Crippen LogP contribution in [0.5, 0.6) is 5.75 Å². The molecule has 1 fully saturated rings. The Balaban J connectivity index is 2.30. The third-order valence-corrected chi connectivity index (χ3v) is 4.38. The van der Waals surface area contributed by atoms with Gasteiger partial charge in [-0.3, -0.25) is 4.79 Å². The molecule has 112 valence electrons. The molecule has 0 aliphatic carbocycles. The molecule has 1 heterocycles. The van der Waals surface area contributed by atoms with Gasteiger partial charge in [0, 0.05) is 10.0 Å². The Morgan fingerprint density at radius 2 is 2.10 bits per heavy atom. The first kappa shape index (κ1) is 16.0. The average Bonchev–Trinajstić information content (AvgIpc) is 2.64. The molecule has 1 aliphatic rings. The van der Waals surface area contributed by atoms with E-state index in [2.05, 4.69) is 42.3 Å². The summed E-state index contributed by atoms with van der Waals surface area (Å²) >= 11 is 6.49. The number of hydrogen-bond acceptors (Lipinski definition) is 4. The maximum Gasteiger partial charge on any atom is 0.346 e. The summed E-state index contributed by atoms with van der Waals surface area (Å²) in [5, 5.41) is 17.2. The standard InChI is InChI=1S/C13H13Br2N3O3/c1-3-13(2)11(20)18(12(21)17-13)16-6-7-4-8(14)5-9(15)10(7)19/h4-6,19H,3H2,1-2H3,(H,17,21)/b16-6-/t13-/m0/s1. The number of hydrogen-bond donors (Lipinski definition) is 2. The molecule has 0 aromatic heterocycles. The van der Waals surface area contributed by atoms with Crippen molar-refractivity contribution in [3.63, 3.8) is 0 Å². The van der Waals surface area contributed by atoms with Gasteiger partial charge in [-0.15, -0.1) is 5.01 Å². The number of aromatic hydroxyl groups is 1. The summed E-state index contributed by atoms with van der Waals surface area (Å²) in [6, 6.07) is 2.73. The van der Waals surface area contributed by atoms with E-state index in [4.69, 9.17) is 0 Å². The van der Waals surface area contributed by atoms with Gasteiger partial charge in [0.1, 0.15) is 11.3 Å². The molecule has 1 saturated heterocycles. The van der Waals surface area contributed by atoms with Gasteiger partial charge in [0.15, 0.2) is 0 Å². The highest BCUT2D eigenvalue weighted by Gasteiger charge is 2.46. The predicted molar refractivity (Wildman–Crippen MR) is 85.2 cm³/mol. The molecule has 0 unspecified atom stereocenters. The molecule has 0 saturated carbocycles. The number of nitrogens with one attached hydrogen (secondary N) is 1. The van der Waals surface area contributed by atoms with E-state index in [0.29, 0.717) is 16.5 Å². The van der Waals surface area contributed by atoms with Crippen LogP contribution in [0.15, 0.2) is 26.2 Å². The highest BCUT2D eigenvalue weighted by Crippen LogP contribution is 2.31. The summed E-state index contributed by atoms with van der Waals surface area (Å²) in [6.45, 7) is 3.46. The molecule has 1 aromatic rings. The lowest BCUT2D eigenvalue weighted by Gasteiger charge is -2.17. The molecule has 1 aliphatic heterocycles. The van der Waals surface area contributed by atoms with E-state index in [1.165, 1.54) is 6.21 Å². The zero-order chi connectivity index (χ0) is 15.8. The Kier molecular flexibility index (Phi) is 4.38. The molecule has 1 atom stereocenters. The fourth-order valence-electron chi connectivity index (χ4n) is 1.82. The van der Waals surface area contributed by atoms with Gasteiger partial charge in [-0.2, -0.15) is 5.10 Å². The second-order valence-electron chi connectivity index (χ2n) is 4.80. The van der Waals surface area contributed by atoms with Crippen molar-refractivity contribution in [2.45, 2.75) is 25.8 Å². The van der Waals surface area contributed by atoms with Gasteiger partial charge < -0.3 is 10.4 Å². The summed E-state index contributed by atoms with van der Waals surface area (Å²) in [4.78, 5) is 24.0. The second kappa shape index (κ2) is 5.76. The first-order valence-corrected chi connectivity index (χ1v) is 7.76. The zero-order valence-corrected chi connectivity index (χ0v) is 14.5. The summed E-state index contributed by atoms with van der Waals surface area (Å²) < 4.78 is 1.21. The molecule has 8 heteroatoms. The Hall–Kier alpha value is -1.41. The molecule has 2 rings (SSSR count). The summed E-state index contributed by atoms with van der Waals surface area (Å²) in [5.74, 6) is -0.438. The number of nitrogens with zero attached hydrogens (tertiary/aromatic N) is 2. The minimum atomic E-state index is -0.936. The molecule has 2 N–H and O–H groups in total. The molecule has 0 radical (unpaired) electrons. The molecular weight excluding hydrogens is 406 g/mol. The third-order valence-electron chi connectivity index (χ3n) is 3.32. The number of benzene rings is 1. The van der Waals surface area contributed by atoms with Crippen LogP contribution in [0.3, 0.4) is 0 Å². The summed E-state index contributed by atoms with van der Waals surface area (Å²) in [5.41, 5.74) is -0.559. The van der Waals surface area contributed by atoms with Gasteiger partial charge in [-0.25, -0.2) is 4.79 Å². The predicted octanol–water partition coefficient (Wildman–Crippen LogP) is 2.97. The third kappa shape index (κ3) is 2.96. The molecule has 1 aromatic carbocycles. The van der Waals surface area contributed by atoms with Gasteiger partial charge in [0.2, 0.25) is 0 Å². The van der Waals surface area contributed by atoms with Crippen molar-refractivity contribution in [3.8, 4) is 5.75 Å². The molecule has 0 bridgehead atoms. The van der Waals surface area contributed by atoms with E-state index < -0.39 is 17.5 Å². The Morgan fingerprint density at radius 1 is 1.43 bits per heavy atom. The number of urea groups is 1. The van der Waals surface area contributed by atoms with Crippen molar-refractivity contribution in [3.05, 3.63) is 26.6 Å². The fourth-order valence-corrected chi connectivity index (χ4v) is 3.08. The maximum atomic E-state index is 12.2. The van der Waals surface area contributed by atoms with Crippen LogP contribution in [0.4, 0.5) is 4.79 Å². The van der Waals surface area contributed by atoms with E-state index >= 15 is 0 Å². The number of imide groups is 1. The van der Waals surface area contributed by atoms with Crippen molar-refractivity contribution >= 4 is 50.0 Å². The number of phenolic OH excluding ortho intramolecular Hbond substituents is 1. The van der Waals surface area contributed by atoms with Crippen molar-refractivity contribution in [1.29, 1.82) is 0 Å². The normalized spacial score (nSPS) is 22.2. The van der Waals surface area contributed by atoms with Crippen molar-refractivity contribution < 1.29 is 14.7 Å². The van der Waals surface area contributed by atoms with Crippen molar-refractivity contribution in [1.82, 2.24) is 10.3 Å². The van der Waals surface area contributed by atoms with Crippen LogP contribution < -0.4 is 5.32 Å². The molecule has 0 spiro atoms. The Bertz CT molecular complexity index is 648. The topological polar surface area (TPSA) is 82.0 Å². The van der Waals surface area contributed by atoms with Crippen LogP contribution in [0.2, 0.25) is 0 Å². The van der Waals surface area contributed by atoms with Gasteiger partial charge in [0.25, 0.3) is 5.91 Å². The smallest absolute Gasteiger partial charge is 0.346 e. The van der Waals surface area contributed by atoms with Crippen molar-refractivity contribution in [2.24, 2.45) is 5.10 Å². The highest BCUT2D eigenvalue weighted by molar-refractivity contribution is 9.11. The maximum absolute atomic E-state index is 12.2. The van der Waals surface area contributed by atoms with Crippen LogP contribution >= 0.6 is 31.9 Å². The molecule has 21 heavy (non-hydrogen) atoms. The van der Waals surface area contributed by atoms with E-state index in [1.54, 1.807) is 19.1 Å². The minimum absolute atomic E-state index is 0.0211. The number of hydrazone groups is 1. The lowest BCUT2D eigenvalue weighted by atomic mass is 10.00. The number of carbonyl (C=O) groups excluding carboxylic acids is 2. The van der Waals surface area contributed by atoms with Crippen LogP contribution in [-0.4, -0.2) is 33.8 Å². The van der Waals surface area contributed by atoms with Crippen LogP contribution in [0.1, 0.15) is 25.8 Å². The van der Waals surface area contributed by atoms with E-state index in [9.17, 15) is 14.7 Å². The van der Waals surface area contributed by atoms with Crippen LogP contribution in [-0.2, 0) is 4.79 Å². The van der Waals surface area contributed by atoms with E-state index in [1.807, 2.05) is 6.92 Å². The van der Waals surface area contributed by atoms with Gasteiger partial charge in [0.05, 0.1) is 10.7 Å². The number of halogens is 2. The average molecular weight is 419 g/mol. The number of carbonyl (C=O) groups is 2. The summed E-state index contributed by atoms with van der Waals surface area (Å²) in [6.07, 6.45) is 1.74. The monoisotopic (exact) mass is 417 g/mol. The highest BCUT2D eigenvalue weighted by atomic mass is 79.9. The number of amides is 3. The molecular formula is C13H13Br2N3O3. The van der Waals surface area contributed by atoms with Gasteiger partial charge >= 0.3 is 6.03 Å². The first-order chi connectivity index (χ1) is 9.78. The fraction of sp³-hybridized carbons (Fsp3) is 0.308. The lowest BCUT2D eigenvalue weighted by molar-refractivity contribution is -0.130. The number of rotatable bonds is 3. The quantitative estimate of drug-likeness (QED) is 0.584.